The lowest BCUT2D eigenvalue weighted by Crippen LogP contribution is -2.27. The molecule has 0 aliphatic rings. The maximum atomic E-state index is 5.44. The standard InChI is InChI=1S/C9H16N2OS/c1-3-11(4-2)6-7-12-9-5-8-13-10-9/h5,8H,3-4,6-7H2,1-2H3. The summed E-state index contributed by atoms with van der Waals surface area (Å²) >= 11 is 1.42. The van der Waals surface area contributed by atoms with Gasteiger partial charge >= 0.3 is 0 Å². The Hall–Kier alpha value is -0.610. The lowest BCUT2D eigenvalue weighted by molar-refractivity contribution is 0.219. The zero-order valence-corrected chi connectivity index (χ0v) is 9.01. The van der Waals surface area contributed by atoms with Crippen LogP contribution in [0.15, 0.2) is 11.4 Å². The van der Waals surface area contributed by atoms with Crippen LogP contribution < -0.4 is 4.74 Å². The average Bonchev–Trinajstić information content (AvgIpc) is 2.65. The summed E-state index contributed by atoms with van der Waals surface area (Å²) in [6.07, 6.45) is 0. The molecule has 1 rings (SSSR count). The molecule has 0 saturated heterocycles. The molecule has 3 nitrogen and oxygen atoms in total. The van der Waals surface area contributed by atoms with Crippen molar-refractivity contribution >= 4 is 11.5 Å². The van der Waals surface area contributed by atoms with Gasteiger partial charge in [0.2, 0.25) is 5.88 Å². The van der Waals surface area contributed by atoms with Crippen LogP contribution in [0.3, 0.4) is 0 Å². The van der Waals surface area contributed by atoms with Gasteiger partial charge in [0.15, 0.2) is 0 Å². The van der Waals surface area contributed by atoms with Gasteiger partial charge in [-0.25, -0.2) is 0 Å². The molecule has 0 atom stereocenters. The summed E-state index contributed by atoms with van der Waals surface area (Å²) in [5, 5.41) is 1.92. The van der Waals surface area contributed by atoms with E-state index >= 15 is 0 Å². The van der Waals surface area contributed by atoms with E-state index in [9.17, 15) is 0 Å². The molecule has 0 aliphatic heterocycles. The Morgan fingerprint density at radius 2 is 2.23 bits per heavy atom. The van der Waals surface area contributed by atoms with Crippen LogP contribution in [0.2, 0.25) is 0 Å². The van der Waals surface area contributed by atoms with Crippen LogP contribution in [-0.2, 0) is 0 Å². The molecule has 0 bridgehead atoms. The number of nitrogens with zero attached hydrogens (tertiary/aromatic N) is 2. The summed E-state index contributed by atoms with van der Waals surface area (Å²) in [4.78, 5) is 2.33. The van der Waals surface area contributed by atoms with Crippen molar-refractivity contribution in [3.05, 3.63) is 11.4 Å². The van der Waals surface area contributed by atoms with Crippen molar-refractivity contribution in [3.8, 4) is 5.88 Å². The average molecular weight is 200 g/mol. The van der Waals surface area contributed by atoms with Gasteiger partial charge in [0.25, 0.3) is 0 Å². The van der Waals surface area contributed by atoms with Crippen molar-refractivity contribution in [1.29, 1.82) is 0 Å². The summed E-state index contributed by atoms with van der Waals surface area (Å²) in [7, 11) is 0. The molecular formula is C9H16N2OS. The largest absolute Gasteiger partial charge is 0.476 e. The maximum Gasteiger partial charge on any atom is 0.225 e. The molecule has 1 aromatic heterocycles. The Bertz CT molecular complexity index is 209. The summed E-state index contributed by atoms with van der Waals surface area (Å²) in [5.41, 5.74) is 0. The number of aromatic nitrogens is 1. The number of hydrogen-bond donors (Lipinski definition) is 0. The first-order valence-corrected chi connectivity index (χ1v) is 5.46. The first-order chi connectivity index (χ1) is 6.36. The van der Waals surface area contributed by atoms with E-state index in [4.69, 9.17) is 4.74 Å². The Kier molecular flexibility index (Phi) is 4.78. The number of likely N-dealkylation sites (N-methyl/N-ethyl adjacent to an activating group) is 1. The van der Waals surface area contributed by atoms with Gasteiger partial charge in [-0.3, -0.25) is 0 Å². The van der Waals surface area contributed by atoms with E-state index in [-0.39, 0.29) is 0 Å². The normalized spacial score (nSPS) is 10.7. The molecule has 0 spiro atoms. The van der Waals surface area contributed by atoms with Crippen LogP contribution in [0.25, 0.3) is 0 Å². The van der Waals surface area contributed by atoms with E-state index in [2.05, 4.69) is 23.1 Å². The Morgan fingerprint density at radius 1 is 1.46 bits per heavy atom. The third-order valence-electron chi connectivity index (χ3n) is 1.97. The zero-order valence-electron chi connectivity index (χ0n) is 8.19. The van der Waals surface area contributed by atoms with E-state index in [0.717, 1.165) is 32.1 Å². The molecule has 0 aliphatic carbocycles. The Balaban J connectivity index is 2.13. The minimum Gasteiger partial charge on any atom is -0.476 e. The molecule has 1 heterocycles. The molecule has 0 N–H and O–H groups in total. The third kappa shape index (κ3) is 3.74. The van der Waals surface area contributed by atoms with Crippen LogP contribution in [0.5, 0.6) is 5.88 Å². The van der Waals surface area contributed by atoms with Gasteiger partial charge in [0.05, 0.1) is 0 Å². The van der Waals surface area contributed by atoms with Gasteiger partial charge in [0, 0.05) is 18.0 Å². The summed E-state index contributed by atoms with van der Waals surface area (Å²) in [5.74, 6) is 0.747. The SMILES string of the molecule is CCN(CC)CCOc1ccsn1. The maximum absolute atomic E-state index is 5.44. The topological polar surface area (TPSA) is 25.4 Å². The fourth-order valence-corrected chi connectivity index (χ4v) is 1.55. The summed E-state index contributed by atoms with van der Waals surface area (Å²) in [6, 6.07) is 1.90. The van der Waals surface area contributed by atoms with Crippen molar-refractivity contribution in [2.45, 2.75) is 13.8 Å². The monoisotopic (exact) mass is 200 g/mol. The predicted molar refractivity (Wildman–Crippen MR) is 55.4 cm³/mol. The molecule has 1 aromatic rings. The van der Waals surface area contributed by atoms with Crippen LogP contribution in [0, 0.1) is 0 Å². The molecule has 0 aromatic carbocycles. The van der Waals surface area contributed by atoms with Crippen LogP contribution >= 0.6 is 11.5 Å². The summed E-state index contributed by atoms with van der Waals surface area (Å²) in [6.45, 7) is 8.18. The molecule has 0 saturated carbocycles. The summed E-state index contributed by atoms with van der Waals surface area (Å²) < 4.78 is 9.50. The lowest BCUT2D eigenvalue weighted by Gasteiger charge is -2.17. The van der Waals surface area contributed by atoms with Gasteiger partial charge in [0.1, 0.15) is 6.61 Å². The minimum absolute atomic E-state index is 0.728. The number of rotatable bonds is 6. The van der Waals surface area contributed by atoms with Crippen LogP contribution in [0.1, 0.15) is 13.8 Å². The fourth-order valence-electron chi connectivity index (χ4n) is 1.10. The van der Waals surface area contributed by atoms with E-state index in [1.807, 2.05) is 11.4 Å². The zero-order chi connectivity index (χ0) is 9.52. The minimum atomic E-state index is 0.728. The van der Waals surface area contributed by atoms with E-state index in [1.165, 1.54) is 11.5 Å². The Morgan fingerprint density at radius 3 is 2.77 bits per heavy atom. The molecule has 13 heavy (non-hydrogen) atoms. The molecule has 0 fully saturated rings. The van der Waals surface area contributed by atoms with Gasteiger partial charge < -0.3 is 9.64 Å². The molecule has 0 amide bonds. The number of ether oxygens (including phenoxy) is 1. The second-order valence-electron chi connectivity index (χ2n) is 2.71. The van der Waals surface area contributed by atoms with Crippen molar-refractivity contribution in [2.24, 2.45) is 0 Å². The second-order valence-corrected chi connectivity index (χ2v) is 3.38. The lowest BCUT2D eigenvalue weighted by atomic mass is 10.5. The highest BCUT2D eigenvalue weighted by atomic mass is 32.1. The van der Waals surface area contributed by atoms with Gasteiger partial charge in [-0.2, -0.15) is 4.37 Å². The Labute approximate surface area is 83.5 Å². The molecule has 74 valence electrons. The van der Waals surface area contributed by atoms with E-state index in [1.54, 1.807) is 0 Å². The van der Waals surface area contributed by atoms with Crippen LogP contribution in [-0.4, -0.2) is 35.5 Å². The van der Waals surface area contributed by atoms with E-state index in [0.29, 0.717) is 0 Å². The molecule has 4 heteroatoms. The highest BCUT2D eigenvalue weighted by molar-refractivity contribution is 7.03. The first kappa shape index (κ1) is 10.5. The van der Waals surface area contributed by atoms with Gasteiger partial charge in [-0.15, -0.1) is 0 Å². The van der Waals surface area contributed by atoms with Crippen molar-refractivity contribution in [2.75, 3.05) is 26.2 Å². The predicted octanol–water partition coefficient (Wildman–Crippen LogP) is 1.86. The molecular weight excluding hydrogens is 184 g/mol. The van der Waals surface area contributed by atoms with Gasteiger partial charge in [-0.1, -0.05) is 13.8 Å². The molecule has 0 unspecified atom stereocenters. The highest BCUT2D eigenvalue weighted by Crippen LogP contribution is 2.08. The van der Waals surface area contributed by atoms with Crippen molar-refractivity contribution < 1.29 is 4.74 Å². The van der Waals surface area contributed by atoms with Crippen molar-refractivity contribution in [1.82, 2.24) is 9.27 Å². The molecule has 0 radical (unpaired) electrons. The third-order valence-corrected chi connectivity index (χ3v) is 2.51. The second kappa shape index (κ2) is 5.94. The fraction of sp³-hybridized carbons (Fsp3) is 0.667. The van der Waals surface area contributed by atoms with Gasteiger partial charge in [-0.05, 0) is 24.6 Å². The van der Waals surface area contributed by atoms with Crippen molar-refractivity contribution in [3.63, 3.8) is 0 Å². The smallest absolute Gasteiger partial charge is 0.225 e. The highest BCUT2D eigenvalue weighted by Gasteiger charge is 1.99. The first-order valence-electron chi connectivity index (χ1n) is 4.62. The quantitative estimate of drug-likeness (QED) is 0.701. The van der Waals surface area contributed by atoms with E-state index < -0.39 is 0 Å². The van der Waals surface area contributed by atoms with Crippen LogP contribution in [0.4, 0.5) is 0 Å². The number of hydrogen-bond acceptors (Lipinski definition) is 4.